The van der Waals surface area contributed by atoms with Crippen molar-refractivity contribution in [2.24, 2.45) is 0 Å². The summed E-state index contributed by atoms with van der Waals surface area (Å²) in [6, 6.07) is 7.22. The molecular weight excluding hydrogens is 274 g/mol. The van der Waals surface area contributed by atoms with Crippen molar-refractivity contribution in [1.82, 2.24) is 10.2 Å². The van der Waals surface area contributed by atoms with Crippen LogP contribution in [0.3, 0.4) is 0 Å². The number of hydrogen-bond donors (Lipinski definition) is 0. The minimum absolute atomic E-state index is 0.152. The van der Waals surface area contributed by atoms with Crippen molar-refractivity contribution in [3.63, 3.8) is 0 Å². The topological polar surface area (TPSA) is 87.4 Å². The highest BCUT2D eigenvalue weighted by atomic mass is 35.5. The fourth-order valence-corrected chi connectivity index (χ4v) is 1.46. The van der Waals surface area contributed by atoms with E-state index in [0.717, 1.165) is 0 Å². The van der Waals surface area contributed by atoms with E-state index >= 15 is 0 Å². The minimum Gasteiger partial charge on any atom is -0.490 e. The summed E-state index contributed by atoms with van der Waals surface area (Å²) in [4.78, 5) is 10.3. The number of methoxy groups -OCH3 is 1. The molecule has 19 heavy (non-hydrogen) atoms. The van der Waals surface area contributed by atoms with Gasteiger partial charge in [-0.15, -0.1) is 10.2 Å². The van der Waals surface area contributed by atoms with E-state index in [1.807, 2.05) is 0 Å². The van der Waals surface area contributed by atoms with Crippen molar-refractivity contribution < 1.29 is 14.4 Å². The molecular formula is C11H8ClN3O4. The van der Waals surface area contributed by atoms with Crippen molar-refractivity contribution in [3.05, 3.63) is 45.6 Å². The zero-order valence-electron chi connectivity index (χ0n) is 9.74. The van der Waals surface area contributed by atoms with Gasteiger partial charge >= 0.3 is 5.69 Å². The van der Waals surface area contributed by atoms with Gasteiger partial charge < -0.3 is 9.47 Å². The lowest BCUT2D eigenvalue weighted by Crippen LogP contribution is -1.95. The summed E-state index contributed by atoms with van der Waals surface area (Å²) in [5.41, 5.74) is -0.193. The average molecular weight is 282 g/mol. The van der Waals surface area contributed by atoms with E-state index in [0.29, 0.717) is 0 Å². The maximum absolute atomic E-state index is 10.9. The van der Waals surface area contributed by atoms with Gasteiger partial charge in [-0.2, -0.15) is 0 Å². The SMILES string of the molecule is COc1ccc(Oc2ccc(Cl)nn2)cc1[N+](=O)[O-]. The van der Waals surface area contributed by atoms with Gasteiger partial charge in [0.1, 0.15) is 5.75 Å². The Hall–Kier alpha value is -2.41. The third kappa shape index (κ3) is 3.08. The number of rotatable bonds is 4. The second-order valence-electron chi connectivity index (χ2n) is 3.39. The van der Waals surface area contributed by atoms with E-state index in [9.17, 15) is 10.1 Å². The standard InChI is InChI=1S/C11H8ClN3O4/c1-18-9-3-2-7(6-8(9)15(16)17)19-11-5-4-10(12)13-14-11/h2-6H,1H3. The molecule has 98 valence electrons. The number of nitro benzene ring substituents is 1. The van der Waals surface area contributed by atoms with E-state index in [1.165, 1.54) is 37.4 Å². The van der Waals surface area contributed by atoms with E-state index < -0.39 is 4.92 Å². The maximum atomic E-state index is 10.9. The third-order valence-electron chi connectivity index (χ3n) is 2.18. The number of aromatic nitrogens is 2. The minimum atomic E-state index is -0.556. The monoisotopic (exact) mass is 281 g/mol. The summed E-state index contributed by atoms with van der Waals surface area (Å²) >= 11 is 5.59. The molecule has 0 fully saturated rings. The molecule has 0 bridgehead atoms. The molecule has 2 rings (SSSR count). The number of nitro groups is 1. The van der Waals surface area contributed by atoms with Crippen LogP contribution in [0, 0.1) is 10.1 Å². The Morgan fingerprint density at radius 1 is 1.26 bits per heavy atom. The first-order valence-corrected chi connectivity index (χ1v) is 5.47. The van der Waals surface area contributed by atoms with Crippen LogP contribution >= 0.6 is 11.6 Å². The van der Waals surface area contributed by atoms with Gasteiger partial charge in [-0.05, 0) is 18.2 Å². The highest BCUT2D eigenvalue weighted by Gasteiger charge is 2.16. The van der Waals surface area contributed by atoms with Gasteiger partial charge in [0.25, 0.3) is 0 Å². The second-order valence-corrected chi connectivity index (χ2v) is 3.77. The lowest BCUT2D eigenvalue weighted by molar-refractivity contribution is -0.385. The van der Waals surface area contributed by atoms with Crippen LogP contribution < -0.4 is 9.47 Å². The van der Waals surface area contributed by atoms with Crippen LogP contribution in [0.25, 0.3) is 0 Å². The number of halogens is 1. The van der Waals surface area contributed by atoms with Gasteiger partial charge in [0.2, 0.25) is 5.88 Å². The van der Waals surface area contributed by atoms with Crippen molar-refractivity contribution in [2.45, 2.75) is 0 Å². The van der Waals surface area contributed by atoms with Crippen LogP contribution in [-0.4, -0.2) is 22.2 Å². The van der Waals surface area contributed by atoms with Gasteiger partial charge in [0.15, 0.2) is 10.9 Å². The average Bonchev–Trinajstić information content (AvgIpc) is 2.41. The number of ether oxygens (including phenoxy) is 2. The lowest BCUT2D eigenvalue weighted by atomic mass is 10.3. The highest BCUT2D eigenvalue weighted by molar-refractivity contribution is 6.29. The molecule has 0 amide bonds. The smallest absolute Gasteiger partial charge is 0.314 e. The summed E-state index contributed by atoms with van der Waals surface area (Å²) < 4.78 is 10.2. The maximum Gasteiger partial charge on any atom is 0.314 e. The summed E-state index contributed by atoms with van der Waals surface area (Å²) in [5.74, 6) is 0.590. The highest BCUT2D eigenvalue weighted by Crippen LogP contribution is 2.32. The Kier molecular flexibility index (Phi) is 3.76. The molecule has 0 aliphatic rings. The molecule has 0 saturated heterocycles. The van der Waals surface area contributed by atoms with Crippen LogP contribution in [0.15, 0.2) is 30.3 Å². The molecule has 0 unspecified atom stereocenters. The fraction of sp³-hybridized carbons (Fsp3) is 0.0909. The molecule has 1 heterocycles. The summed E-state index contributed by atoms with van der Waals surface area (Å²) in [6.07, 6.45) is 0. The Balaban J connectivity index is 2.28. The van der Waals surface area contributed by atoms with Crippen LogP contribution in [0.2, 0.25) is 5.15 Å². The predicted molar refractivity (Wildman–Crippen MR) is 66.8 cm³/mol. The van der Waals surface area contributed by atoms with Gasteiger partial charge in [0, 0.05) is 6.07 Å². The summed E-state index contributed by atoms with van der Waals surface area (Å²) in [5, 5.41) is 18.4. The molecule has 0 atom stereocenters. The Labute approximate surface area is 112 Å². The van der Waals surface area contributed by atoms with Gasteiger partial charge in [0.05, 0.1) is 18.1 Å². The van der Waals surface area contributed by atoms with Crippen LogP contribution in [0.1, 0.15) is 0 Å². The van der Waals surface area contributed by atoms with Crippen molar-refractivity contribution in [1.29, 1.82) is 0 Å². The fourth-order valence-electron chi connectivity index (χ4n) is 1.35. The predicted octanol–water partition coefficient (Wildman–Crippen LogP) is 2.84. The molecule has 1 aromatic carbocycles. The number of hydrogen-bond acceptors (Lipinski definition) is 6. The zero-order chi connectivity index (χ0) is 13.8. The third-order valence-corrected chi connectivity index (χ3v) is 2.38. The van der Waals surface area contributed by atoms with E-state index in [2.05, 4.69) is 10.2 Å². The van der Waals surface area contributed by atoms with Crippen molar-refractivity contribution in [2.75, 3.05) is 7.11 Å². The van der Waals surface area contributed by atoms with Crippen LogP contribution in [-0.2, 0) is 0 Å². The molecule has 7 nitrogen and oxygen atoms in total. The largest absolute Gasteiger partial charge is 0.490 e. The van der Waals surface area contributed by atoms with Crippen molar-refractivity contribution in [3.8, 4) is 17.4 Å². The molecule has 8 heteroatoms. The molecule has 2 aromatic rings. The molecule has 1 aromatic heterocycles. The number of benzene rings is 1. The number of nitrogens with zero attached hydrogens (tertiary/aromatic N) is 3. The van der Waals surface area contributed by atoms with Gasteiger partial charge in [-0.3, -0.25) is 10.1 Å². The quantitative estimate of drug-likeness (QED) is 0.632. The zero-order valence-corrected chi connectivity index (χ0v) is 10.5. The first-order chi connectivity index (χ1) is 9.10. The van der Waals surface area contributed by atoms with E-state index in [1.54, 1.807) is 0 Å². The molecule has 0 aliphatic carbocycles. The van der Waals surface area contributed by atoms with E-state index in [-0.39, 0.29) is 28.2 Å². The van der Waals surface area contributed by atoms with Crippen LogP contribution in [0.5, 0.6) is 17.4 Å². The molecule has 0 saturated carbocycles. The first-order valence-electron chi connectivity index (χ1n) is 5.09. The van der Waals surface area contributed by atoms with Gasteiger partial charge in [-0.1, -0.05) is 11.6 Å². The van der Waals surface area contributed by atoms with Gasteiger partial charge in [-0.25, -0.2) is 0 Å². The summed E-state index contributed by atoms with van der Waals surface area (Å²) in [7, 11) is 1.35. The van der Waals surface area contributed by atoms with Crippen molar-refractivity contribution >= 4 is 17.3 Å². The molecule has 0 radical (unpaired) electrons. The Bertz CT molecular complexity index is 603. The van der Waals surface area contributed by atoms with Crippen LogP contribution in [0.4, 0.5) is 5.69 Å². The normalized spacial score (nSPS) is 10.0. The lowest BCUT2D eigenvalue weighted by Gasteiger charge is -2.06. The molecule has 0 N–H and O–H groups in total. The molecule has 0 spiro atoms. The Morgan fingerprint density at radius 3 is 2.63 bits per heavy atom. The first kappa shape index (κ1) is 13.0. The second kappa shape index (κ2) is 5.49. The summed E-state index contributed by atoms with van der Waals surface area (Å²) in [6.45, 7) is 0. The van der Waals surface area contributed by atoms with E-state index in [4.69, 9.17) is 21.1 Å². The Morgan fingerprint density at radius 2 is 2.05 bits per heavy atom. The molecule has 0 aliphatic heterocycles.